The maximum atomic E-state index is 11.8. The molecule has 0 aliphatic heterocycles. The maximum Gasteiger partial charge on any atom is 0.342 e. The van der Waals surface area contributed by atoms with Crippen LogP contribution in [0.5, 0.6) is 5.75 Å². The minimum absolute atomic E-state index is 0.213. The molecule has 1 aromatic carbocycles. The normalized spacial score (nSPS) is 10.5. The summed E-state index contributed by atoms with van der Waals surface area (Å²) in [5.74, 6) is -0.183. The summed E-state index contributed by atoms with van der Waals surface area (Å²) in [6, 6.07) is 3.02. The van der Waals surface area contributed by atoms with Crippen molar-refractivity contribution in [1.82, 2.24) is 0 Å². The summed E-state index contributed by atoms with van der Waals surface area (Å²) in [5, 5.41) is 0.671. The lowest BCUT2D eigenvalue weighted by atomic mass is 10.2. The standard InChI is InChI=1S/C12H14Cl2O3/c1-4-16-11-9(12(15)17-7(2)3)5-8(13)6-10(11)14/h5-7H,4H2,1-3H3. The van der Waals surface area contributed by atoms with Gasteiger partial charge < -0.3 is 9.47 Å². The summed E-state index contributed by atoms with van der Waals surface area (Å²) < 4.78 is 10.4. The molecule has 0 N–H and O–H groups in total. The fourth-order valence-electron chi connectivity index (χ4n) is 1.28. The predicted octanol–water partition coefficient (Wildman–Crippen LogP) is 3.96. The van der Waals surface area contributed by atoms with E-state index in [1.54, 1.807) is 13.8 Å². The number of rotatable bonds is 4. The minimum Gasteiger partial charge on any atom is -0.491 e. The second kappa shape index (κ2) is 6.12. The van der Waals surface area contributed by atoms with Gasteiger partial charge in [0.25, 0.3) is 0 Å². The van der Waals surface area contributed by atoms with Gasteiger partial charge >= 0.3 is 5.97 Å². The van der Waals surface area contributed by atoms with Crippen LogP contribution in [-0.2, 0) is 4.74 Å². The number of carbonyl (C=O) groups excluding carboxylic acids is 1. The van der Waals surface area contributed by atoms with Gasteiger partial charge in [0.15, 0.2) is 5.75 Å². The molecule has 0 bridgehead atoms. The molecule has 0 spiro atoms. The zero-order valence-corrected chi connectivity index (χ0v) is 11.4. The van der Waals surface area contributed by atoms with Crippen molar-refractivity contribution in [3.8, 4) is 5.75 Å². The third kappa shape index (κ3) is 3.79. The molecule has 0 unspecified atom stereocenters. The van der Waals surface area contributed by atoms with E-state index in [4.69, 9.17) is 32.7 Å². The molecular formula is C12H14Cl2O3. The summed E-state index contributed by atoms with van der Waals surface area (Å²) in [7, 11) is 0. The van der Waals surface area contributed by atoms with Gasteiger partial charge in [0, 0.05) is 5.02 Å². The van der Waals surface area contributed by atoms with Crippen LogP contribution in [0.25, 0.3) is 0 Å². The van der Waals surface area contributed by atoms with Crippen LogP contribution in [0.4, 0.5) is 0 Å². The molecule has 0 heterocycles. The quantitative estimate of drug-likeness (QED) is 0.781. The minimum atomic E-state index is -0.493. The van der Waals surface area contributed by atoms with Gasteiger partial charge in [-0.1, -0.05) is 23.2 Å². The average molecular weight is 277 g/mol. The Bertz CT molecular complexity index is 416. The molecule has 0 saturated carbocycles. The average Bonchev–Trinajstić information content (AvgIpc) is 2.20. The Morgan fingerprint density at radius 3 is 2.53 bits per heavy atom. The number of benzene rings is 1. The molecule has 0 aromatic heterocycles. The first-order valence-electron chi connectivity index (χ1n) is 5.28. The number of ether oxygens (including phenoxy) is 2. The van der Waals surface area contributed by atoms with Gasteiger partial charge in [0.2, 0.25) is 0 Å². The predicted molar refractivity (Wildman–Crippen MR) is 68.2 cm³/mol. The third-order valence-electron chi connectivity index (χ3n) is 1.86. The van der Waals surface area contributed by atoms with E-state index in [1.807, 2.05) is 6.92 Å². The lowest BCUT2D eigenvalue weighted by Crippen LogP contribution is -2.13. The zero-order valence-electron chi connectivity index (χ0n) is 9.92. The molecule has 3 nitrogen and oxygen atoms in total. The van der Waals surface area contributed by atoms with Crippen LogP contribution < -0.4 is 4.74 Å². The molecule has 0 radical (unpaired) electrons. The van der Waals surface area contributed by atoms with Crippen LogP contribution in [0.15, 0.2) is 12.1 Å². The van der Waals surface area contributed by atoms with Crippen molar-refractivity contribution in [2.45, 2.75) is 26.9 Å². The van der Waals surface area contributed by atoms with E-state index in [-0.39, 0.29) is 11.7 Å². The van der Waals surface area contributed by atoms with Crippen molar-refractivity contribution < 1.29 is 14.3 Å². The molecule has 0 atom stereocenters. The molecule has 0 fully saturated rings. The second-order valence-electron chi connectivity index (χ2n) is 3.65. The molecule has 0 aliphatic rings. The number of hydrogen-bond donors (Lipinski definition) is 0. The Hall–Kier alpha value is -0.930. The third-order valence-corrected chi connectivity index (χ3v) is 2.36. The van der Waals surface area contributed by atoms with E-state index >= 15 is 0 Å². The molecular weight excluding hydrogens is 263 g/mol. The van der Waals surface area contributed by atoms with Gasteiger partial charge in [-0.05, 0) is 32.9 Å². The zero-order chi connectivity index (χ0) is 13.0. The smallest absolute Gasteiger partial charge is 0.342 e. The summed E-state index contributed by atoms with van der Waals surface area (Å²) in [6.07, 6.45) is -0.213. The number of hydrogen-bond acceptors (Lipinski definition) is 3. The van der Waals surface area contributed by atoms with Crippen molar-refractivity contribution in [2.75, 3.05) is 6.61 Å². The summed E-state index contributed by atoms with van der Waals surface area (Å²) in [6.45, 7) is 5.75. The van der Waals surface area contributed by atoms with E-state index in [0.717, 1.165) is 0 Å². The Balaban J connectivity index is 3.15. The number of carbonyl (C=O) groups is 1. The molecule has 5 heteroatoms. The maximum absolute atomic E-state index is 11.8. The molecule has 1 aromatic rings. The first-order valence-corrected chi connectivity index (χ1v) is 6.04. The van der Waals surface area contributed by atoms with Gasteiger partial charge in [-0.3, -0.25) is 0 Å². The molecule has 94 valence electrons. The topological polar surface area (TPSA) is 35.5 Å². The largest absolute Gasteiger partial charge is 0.491 e. The van der Waals surface area contributed by atoms with Crippen molar-refractivity contribution >= 4 is 29.2 Å². The van der Waals surface area contributed by atoms with Crippen LogP contribution in [0.3, 0.4) is 0 Å². The lowest BCUT2D eigenvalue weighted by molar-refractivity contribution is 0.0373. The van der Waals surface area contributed by atoms with Crippen LogP contribution >= 0.6 is 23.2 Å². The molecule has 0 saturated heterocycles. The van der Waals surface area contributed by atoms with Crippen molar-refractivity contribution in [3.05, 3.63) is 27.7 Å². The molecule has 1 rings (SSSR count). The Morgan fingerprint density at radius 2 is 2.00 bits per heavy atom. The molecule has 17 heavy (non-hydrogen) atoms. The monoisotopic (exact) mass is 276 g/mol. The van der Waals surface area contributed by atoms with Gasteiger partial charge in [-0.25, -0.2) is 4.79 Å². The fraction of sp³-hybridized carbons (Fsp3) is 0.417. The van der Waals surface area contributed by atoms with E-state index in [1.165, 1.54) is 12.1 Å². The Labute approximate surface area is 111 Å². The van der Waals surface area contributed by atoms with E-state index in [2.05, 4.69) is 0 Å². The summed E-state index contributed by atoms with van der Waals surface area (Å²) in [4.78, 5) is 11.8. The highest BCUT2D eigenvalue weighted by Crippen LogP contribution is 2.33. The summed E-state index contributed by atoms with van der Waals surface area (Å²) in [5.41, 5.74) is 0.248. The first-order chi connectivity index (χ1) is 7.95. The highest BCUT2D eigenvalue weighted by molar-refractivity contribution is 6.36. The molecule has 0 amide bonds. The number of halogens is 2. The second-order valence-corrected chi connectivity index (χ2v) is 4.50. The van der Waals surface area contributed by atoms with Crippen LogP contribution in [0, 0.1) is 0 Å². The SMILES string of the molecule is CCOc1c(Cl)cc(Cl)cc1C(=O)OC(C)C. The van der Waals surface area contributed by atoms with Crippen molar-refractivity contribution in [2.24, 2.45) is 0 Å². The van der Waals surface area contributed by atoms with Crippen molar-refractivity contribution in [3.63, 3.8) is 0 Å². The van der Waals surface area contributed by atoms with Crippen LogP contribution in [0.1, 0.15) is 31.1 Å². The Kier molecular flexibility index (Phi) is 5.09. The number of esters is 1. The van der Waals surface area contributed by atoms with E-state index in [0.29, 0.717) is 22.4 Å². The van der Waals surface area contributed by atoms with Crippen LogP contribution in [0.2, 0.25) is 10.0 Å². The highest BCUT2D eigenvalue weighted by atomic mass is 35.5. The fourth-order valence-corrected chi connectivity index (χ4v) is 1.83. The highest BCUT2D eigenvalue weighted by Gasteiger charge is 2.19. The van der Waals surface area contributed by atoms with Gasteiger partial charge in [0.05, 0.1) is 17.7 Å². The van der Waals surface area contributed by atoms with E-state index < -0.39 is 5.97 Å². The van der Waals surface area contributed by atoms with Gasteiger partial charge in [0.1, 0.15) is 5.56 Å². The summed E-state index contributed by atoms with van der Waals surface area (Å²) >= 11 is 11.8. The lowest BCUT2D eigenvalue weighted by Gasteiger charge is -2.13. The first kappa shape index (κ1) is 14.1. The van der Waals surface area contributed by atoms with Gasteiger partial charge in [-0.2, -0.15) is 0 Å². The van der Waals surface area contributed by atoms with Crippen LogP contribution in [-0.4, -0.2) is 18.7 Å². The van der Waals surface area contributed by atoms with Gasteiger partial charge in [-0.15, -0.1) is 0 Å². The van der Waals surface area contributed by atoms with E-state index in [9.17, 15) is 4.79 Å². The Morgan fingerprint density at radius 1 is 1.35 bits per heavy atom. The molecule has 0 aliphatic carbocycles. The van der Waals surface area contributed by atoms with Crippen molar-refractivity contribution in [1.29, 1.82) is 0 Å².